The van der Waals surface area contributed by atoms with Crippen molar-refractivity contribution in [2.45, 2.75) is 20.0 Å². The Bertz CT molecular complexity index is 380. The van der Waals surface area contributed by atoms with Crippen LogP contribution in [0.25, 0.3) is 0 Å². The van der Waals surface area contributed by atoms with Crippen molar-refractivity contribution in [1.29, 1.82) is 0 Å². The lowest BCUT2D eigenvalue weighted by atomic mass is 10.2. The zero-order valence-electron chi connectivity index (χ0n) is 8.57. The number of rotatable bonds is 3. The van der Waals surface area contributed by atoms with Gasteiger partial charge in [0, 0.05) is 6.07 Å². The van der Waals surface area contributed by atoms with Gasteiger partial charge in [0.2, 0.25) is 0 Å². The van der Waals surface area contributed by atoms with Gasteiger partial charge in [0.05, 0.1) is 0 Å². The van der Waals surface area contributed by atoms with E-state index in [0.717, 1.165) is 0 Å². The number of aryl methyl sites for hydroxylation is 1. The average Bonchev–Trinajstić information content (AvgIpc) is 2.22. The van der Waals surface area contributed by atoms with Gasteiger partial charge in [0.1, 0.15) is 11.6 Å². The maximum Gasteiger partial charge on any atom is 0.180 e. The topological polar surface area (TPSA) is 67.8 Å². The maximum absolute atomic E-state index is 13.1. The second kappa shape index (κ2) is 4.63. The van der Waals surface area contributed by atoms with Crippen LogP contribution in [-0.4, -0.2) is 17.1 Å². The highest BCUT2D eigenvalue weighted by Gasteiger charge is 2.10. The molecule has 0 saturated heterocycles. The Kier molecular flexibility index (Phi) is 3.49. The average molecular weight is 212 g/mol. The fourth-order valence-electron chi connectivity index (χ4n) is 0.993. The van der Waals surface area contributed by atoms with Crippen molar-refractivity contribution >= 4 is 5.84 Å². The number of hydrogen-bond acceptors (Lipinski definition) is 3. The van der Waals surface area contributed by atoms with Crippen LogP contribution in [0, 0.1) is 12.7 Å². The van der Waals surface area contributed by atoms with Gasteiger partial charge in [-0.25, -0.2) is 4.39 Å². The Labute approximate surface area is 87.2 Å². The molecule has 0 aliphatic heterocycles. The highest BCUT2D eigenvalue weighted by Crippen LogP contribution is 2.17. The Hall–Kier alpha value is -1.78. The molecule has 0 aromatic heterocycles. The fraction of sp³-hybridized carbons (Fsp3) is 0.300. The summed E-state index contributed by atoms with van der Waals surface area (Å²) in [4.78, 5) is 0. The molecule has 5 heteroatoms. The molecule has 1 aromatic carbocycles. The third kappa shape index (κ3) is 2.83. The molecule has 0 amide bonds. The summed E-state index contributed by atoms with van der Waals surface area (Å²) in [5.41, 5.74) is 5.85. The van der Waals surface area contributed by atoms with E-state index in [1.165, 1.54) is 6.07 Å². The predicted molar refractivity (Wildman–Crippen MR) is 54.6 cm³/mol. The van der Waals surface area contributed by atoms with Crippen LogP contribution in [0.15, 0.2) is 23.4 Å². The van der Waals surface area contributed by atoms with Crippen molar-refractivity contribution in [3.63, 3.8) is 0 Å². The van der Waals surface area contributed by atoms with Crippen molar-refractivity contribution in [2.75, 3.05) is 0 Å². The molecule has 1 atom stereocenters. The van der Waals surface area contributed by atoms with E-state index >= 15 is 0 Å². The number of oxime groups is 1. The van der Waals surface area contributed by atoms with Crippen molar-refractivity contribution < 1.29 is 14.3 Å². The summed E-state index contributed by atoms with van der Waals surface area (Å²) in [6.45, 7) is 3.26. The minimum atomic E-state index is -0.600. The molecule has 0 bridgehead atoms. The summed E-state index contributed by atoms with van der Waals surface area (Å²) >= 11 is 0. The molecule has 1 rings (SSSR count). The van der Waals surface area contributed by atoms with Gasteiger partial charge in [0.25, 0.3) is 0 Å². The van der Waals surface area contributed by atoms with E-state index in [2.05, 4.69) is 5.16 Å². The first-order chi connectivity index (χ1) is 7.04. The number of benzene rings is 1. The van der Waals surface area contributed by atoms with Crippen LogP contribution in [-0.2, 0) is 0 Å². The van der Waals surface area contributed by atoms with E-state index in [-0.39, 0.29) is 11.7 Å². The molecule has 0 heterocycles. The standard InChI is InChI=1S/C10H13FN2O2/c1-6-3-4-8(5-9(6)11)15-7(2)10(12)13-14/h3-5,7,14H,1-2H3,(H2,12,13). The van der Waals surface area contributed by atoms with E-state index in [1.807, 2.05) is 0 Å². The molecule has 0 aliphatic rings. The number of halogens is 1. The number of amidine groups is 1. The van der Waals surface area contributed by atoms with Gasteiger partial charge in [-0.3, -0.25) is 0 Å². The van der Waals surface area contributed by atoms with Crippen molar-refractivity contribution in [3.05, 3.63) is 29.6 Å². The first-order valence-electron chi connectivity index (χ1n) is 4.45. The number of ether oxygens (including phenoxy) is 1. The molecule has 3 N–H and O–H groups in total. The van der Waals surface area contributed by atoms with E-state index in [4.69, 9.17) is 15.7 Å². The van der Waals surface area contributed by atoms with Crippen LogP contribution in [0.2, 0.25) is 0 Å². The Morgan fingerprint density at radius 1 is 1.60 bits per heavy atom. The molecule has 0 aliphatic carbocycles. The summed E-state index contributed by atoms with van der Waals surface area (Å²) in [5.74, 6) is -0.0626. The second-order valence-electron chi connectivity index (χ2n) is 3.20. The third-order valence-corrected chi connectivity index (χ3v) is 1.99. The predicted octanol–water partition coefficient (Wildman–Crippen LogP) is 1.65. The summed E-state index contributed by atoms with van der Waals surface area (Å²) in [6.07, 6.45) is -0.600. The molecule has 0 saturated carbocycles. The normalized spacial score (nSPS) is 13.7. The van der Waals surface area contributed by atoms with Crippen molar-refractivity contribution in [3.8, 4) is 5.75 Å². The number of nitrogens with zero attached hydrogens (tertiary/aromatic N) is 1. The molecular weight excluding hydrogens is 199 g/mol. The SMILES string of the molecule is Cc1ccc(OC(C)/C(N)=N/O)cc1F. The lowest BCUT2D eigenvalue weighted by Crippen LogP contribution is -2.31. The fourth-order valence-corrected chi connectivity index (χ4v) is 0.993. The molecule has 0 radical (unpaired) electrons. The number of hydrogen-bond donors (Lipinski definition) is 2. The molecule has 0 fully saturated rings. The number of nitrogens with two attached hydrogens (primary N) is 1. The van der Waals surface area contributed by atoms with Crippen LogP contribution in [0.1, 0.15) is 12.5 Å². The molecule has 1 aromatic rings. The van der Waals surface area contributed by atoms with Crippen LogP contribution in [0.5, 0.6) is 5.75 Å². The monoisotopic (exact) mass is 212 g/mol. The van der Waals surface area contributed by atoms with Crippen molar-refractivity contribution in [2.24, 2.45) is 10.9 Å². The van der Waals surface area contributed by atoms with Gasteiger partial charge in [-0.05, 0) is 25.5 Å². The highest BCUT2D eigenvalue weighted by molar-refractivity contribution is 5.84. The molecule has 4 nitrogen and oxygen atoms in total. The van der Waals surface area contributed by atoms with Crippen LogP contribution in [0.3, 0.4) is 0 Å². The Morgan fingerprint density at radius 2 is 2.27 bits per heavy atom. The summed E-state index contributed by atoms with van der Waals surface area (Å²) in [6, 6.07) is 4.49. The Balaban J connectivity index is 2.77. The summed E-state index contributed by atoms with van der Waals surface area (Å²) < 4.78 is 18.4. The minimum Gasteiger partial charge on any atom is -0.483 e. The van der Waals surface area contributed by atoms with Gasteiger partial charge < -0.3 is 15.7 Å². The lowest BCUT2D eigenvalue weighted by molar-refractivity contribution is 0.264. The zero-order chi connectivity index (χ0) is 11.4. The molecule has 82 valence electrons. The highest BCUT2D eigenvalue weighted by atomic mass is 19.1. The van der Waals surface area contributed by atoms with E-state index in [9.17, 15) is 4.39 Å². The van der Waals surface area contributed by atoms with Crippen LogP contribution < -0.4 is 10.5 Å². The Morgan fingerprint density at radius 3 is 2.80 bits per heavy atom. The van der Waals surface area contributed by atoms with Crippen LogP contribution >= 0.6 is 0 Å². The van der Waals surface area contributed by atoms with E-state index in [1.54, 1.807) is 26.0 Å². The van der Waals surface area contributed by atoms with Crippen LogP contribution in [0.4, 0.5) is 4.39 Å². The van der Waals surface area contributed by atoms with E-state index in [0.29, 0.717) is 11.3 Å². The lowest BCUT2D eigenvalue weighted by Gasteiger charge is -2.13. The largest absolute Gasteiger partial charge is 0.483 e. The first kappa shape index (κ1) is 11.3. The van der Waals surface area contributed by atoms with E-state index < -0.39 is 6.10 Å². The van der Waals surface area contributed by atoms with Crippen molar-refractivity contribution in [1.82, 2.24) is 0 Å². The molecule has 1 unspecified atom stereocenters. The maximum atomic E-state index is 13.1. The third-order valence-electron chi connectivity index (χ3n) is 1.99. The van der Waals surface area contributed by atoms with Gasteiger partial charge in [0.15, 0.2) is 11.9 Å². The second-order valence-corrected chi connectivity index (χ2v) is 3.20. The first-order valence-corrected chi connectivity index (χ1v) is 4.45. The minimum absolute atomic E-state index is 0.0593. The molecule has 0 spiro atoms. The summed E-state index contributed by atoms with van der Waals surface area (Å²) in [7, 11) is 0. The van der Waals surface area contributed by atoms with Gasteiger partial charge in [-0.2, -0.15) is 0 Å². The zero-order valence-corrected chi connectivity index (χ0v) is 8.57. The van der Waals surface area contributed by atoms with Gasteiger partial charge in [-0.15, -0.1) is 0 Å². The summed E-state index contributed by atoms with van der Waals surface area (Å²) in [5, 5.41) is 11.2. The van der Waals surface area contributed by atoms with Gasteiger partial charge >= 0.3 is 0 Å². The molecular formula is C10H13FN2O2. The quantitative estimate of drug-likeness (QED) is 0.346. The molecule has 15 heavy (non-hydrogen) atoms. The smallest absolute Gasteiger partial charge is 0.180 e. The van der Waals surface area contributed by atoms with Gasteiger partial charge in [-0.1, -0.05) is 11.2 Å².